The van der Waals surface area contributed by atoms with Gasteiger partial charge in [-0.25, -0.2) is 9.78 Å². The first-order valence-corrected chi connectivity index (χ1v) is 11.2. The number of esters is 1. The van der Waals surface area contributed by atoms with Gasteiger partial charge in [-0.2, -0.15) is 4.98 Å². The van der Waals surface area contributed by atoms with E-state index >= 15 is 0 Å². The lowest BCUT2D eigenvalue weighted by Gasteiger charge is -2.24. The minimum absolute atomic E-state index is 0.0194. The first kappa shape index (κ1) is 27.0. The van der Waals surface area contributed by atoms with Gasteiger partial charge in [0.05, 0.1) is 13.2 Å². The van der Waals surface area contributed by atoms with Gasteiger partial charge in [-0.15, -0.1) is 0 Å². The second kappa shape index (κ2) is 12.9. The van der Waals surface area contributed by atoms with Gasteiger partial charge in [-0.3, -0.25) is 0 Å². The van der Waals surface area contributed by atoms with Crippen LogP contribution in [0.25, 0.3) is 0 Å². The number of anilines is 3. The molecular weight excluding hydrogens is 456 g/mol. The molecule has 2 aromatic carbocycles. The van der Waals surface area contributed by atoms with Crippen molar-refractivity contribution in [3.63, 3.8) is 0 Å². The van der Waals surface area contributed by atoms with Crippen molar-refractivity contribution in [1.82, 2.24) is 9.97 Å². The fourth-order valence-corrected chi connectivity index (χ4v) is 3.39. The molecule has 0 amide bonds. The van der Waals surface area contributed by atoms with E-state index in [2.05, 4.69) is 15.3 Å². The first-order valence-electron chi connectivity index (χ1n) is 10.8. The zero-order chi connectivity index (χ0) is 25.1. The Kier molecular flexibility index (Phi) is 10.2. The second-order valence-corrected chi connectivity index (χ2v) is 8.44. The van der Waals surface area contributed by atoms with Gasteiger partial charge < -0.3 is 26.0 Å². The highest BCUT2D eigenvalue weighted by atomic mass is 35.5. The summed E-state index contributed by atoms with van der Waals surface area (Å²) in [5, 5.41) is 21.5. The maximum absolute atomic E-state index is 11.7. The Morgan fingerprint density at radius 2 is 1.88 bits per heavy atom. The summed E-state index contributed by atoms with van der Waals surface area (Å²) < 4.78 is 4.88. The van der Waals surface area contributed by atoms with Crippen LogP contribution in [0.4, 0.5) is 17.5 Å². The third-order valence-corrected chi connectivity index (χ3v) is 5.22. The molecule has 3 aromatic rings. The Labute approximate surface area is 204 Å². The number of nitrogens with two attached hydrogens (primary N) is 1. The van der Waals surface area contributed by atoms with Crippen molar-refractivity contribution in [2.24, 2.45) is 0 Å². The lowest BCUT2D eigenvalue weighted by atomic mass is 9.85. The highest BCUT2D eigenvalue weighted by Crippen LogP contribution is 2.32. The number of aromatic nitrogens is 2. The van der Waals surface area contributed by atoms with Gasteiger partial charge in [-0.05, 0) is 36.6 Å². The van der Waals surface area contributed by atoms with Gasteiger partial charge in [0.15, 0.2) is 0 Å². The minimum atomic E-state index is -0.565. The second-order valence-electron chi connectivity index (χ2n) is 8.03. The van der Waals surface area contributed by atoms with E-state index in [1.54, 1.807) is 19.1 Å². The number of rotatable bonds is 8. The average molecular weight is 487 g/mol. The van der Waals surface area contributed by atoms with Crippen LogP contribution < -0.4 is 11.1 Å². The van der Waals surface area contributed by atoms with Crippen molar-refractivity contribution in [1.29, 1.82) is 0 Å². The number of nitrogen functional groups attached to an aromatic ring is 1. The number of benzene rings is 2. The number of ether oxygens (including phenoxy) is 1. The average Bonchev–Trinajstić information content (AvgIpc) is 2.80. The molecule has 34 heavy (non-hydrogen) atoms. The quantitative estimate of drug-likeness (QED) is 0.350. The molecule has 0 saturated heterocycles. The normalized spacial score (nSPS) is 10.8. The highest BCUT2D eigenvalue weighted by Gasteiger charge is 2.22. The number of halogens is 1. The molecule has 3 rings (SSSR count). The summed E-state index contributed by atoms with van der Waals surface area (Å²) in [5.74, 6) is -0.305. The number of aliphatic hydroxyl groups excluding tert-OH is 2. The van der Waals surface area contributed by atoms with Crippen molar-refractivity contribution in [2.75, 3.05) is 30.9 Å². The summed E-state index contributed by atoms with van der Waals surface area (Å²) in [7, 11) is 0. The molecule has 0 aliphatic rings. The molecular formula is C25H31ClN4O4. The van der Waals surface area contributed by atoms with E-state index in [4.69, 9.17) is 27.2 Å². The van der Waals surface area contributed by atoms with E-state index in [-0.39, 0.29) is 37.2 Å². The van der Waals surface area contributed by atoms with Crippen LogP contribution in [0.2, 0.25) is 5.02 Å². The largest absolute Gasteiger partial charge is 0.462 e. The number of carbonyl (C=O) groups excluding carboxylic acids is 1. The maximum Gasteiger partial charge on any atom is 0.343 e. The van der Waals surface area contributed by atoms with E-state index in [0.29, 0.717) is 10.7 Å². The van der Waals surface area contributed by atoms with Crippen LogP contribution in [0.15, 0.2) is 54.7 Å². The van der Waals surface area contributed by atoms with Gasteiger partial charge >= 0.3 is 5.97 Å². The fraction of sp³-hybridized carbons (Fsp3) is 0.320. The number of nitrogens with one attached hydrogen (secondary N) is 1. The van der Waals surface area contributed by atoms with Gasteiger partial charge in [0.25, 0.3) is 0 Å². The molecule has 0 spiro atoms. The smallest absolute Gasteiger partial charge is 0.343 e. The van der Waals surface area contributed by atoms with E-state index in [9.17, 15) is 9.90 Å². The molecule has 0 saturated carbocycles. The topological polar surface area (TPSA) is 131 Å². The molecule has 0 aliphatic carbocycles. The molecule has 0 aliphatic heterocycles. The molecule has 8 nitrogen and oxygen atoms in total. The van der Waals surface area contributed by atoms with E-state index in [1.165, 1.54) is 11.8 Å². The molecule has 0 fully saturated rings. The lowest BCUT2D eigenvalue weighted by molar-refractivity contribution is 0.0527. The maximum atomic E-state index is 11.7. The molecule has 0 unspecified atom stereocenters. The molecule has 0 bridgehead atoms. The number of carbonyl (C=O) groups is 1. The van der Waals surface area contributed by atoms with Gasteiger partial charge in [0.1, 0.15) is 11.4 Å². The zero-order valence-electron chi connectivity index (χ0n) is 19.6. The first-order chi connectivity index (χ1) is 16.2. The van der Waals surface area contributed by atoms with Crippen LogP contribution in [0.3, 0.4) is 0 Å². The Morgan fingerprint density at radius 1 is 1.18 bits per heavy atom. The zero-order valence-corrected chi connectivity index (χ0v) is 20.3. The van der Waals surface area contributed by atoms with Gasteiger partial charge in [0.2, 0.25) is 5.95 Å². The number of nitrogens with zero attached hydrogens (tertiary/aromatic N) is 2. The predicted molar refractivity (Wildman–Crippen MR) is 134 cm³/mol. The van der Waals surface area contributed by atoms with Crippen molar-refractivity contribution in [2.45, 2.75) is 32.6 Å². The van der Waals surface area contributed by atoms with Crippen LogP contribution in [-0.2, 0) is 16.6 Å². The predicted octanol–water partition coefficient (Wildman–Crippen LogP) is 4.12. The molecule has 1 heterocycles. The number of hydrogen-bond donors (Lipinski definition) is 4. The van der Waals surface area contributed by atoms with Crippen LogP contribution in [0, 0.1) is 0 Å². The van der Waals surface area contributed by atoms with E-state index in [0.717, 1.165) is 12.0 Å². The van der Waals surface area contributed by atoms with Crippen LogP contribution in [0.1, 0.15) is 42.3 Å². The fourth-order valence-electron chi connectivity index (χ4n) is 2.95. The molecule has 182 valence electrons. The molecule has 9 heteroatoms. The summed E-state index contributed by atoms with van der Waals surface area (Å²) in [6, 6.07) is 15.3. The van der Waals surface area contributed by atoms with Crippen molar-refractivity contribution >= 4 is 35.0 Å². The van der Waals surface area contributed by atoms with Crippen molar-refractivity contribution in [3.05, 3.63) is 76.4 Å². The Bertz CT molecular complexity index is 1080. The summed E-state index contributed by atoms with van der Waals surface area (Å²) in [6.45, 7) is 5.97. The van der Waals surface area contributed by atoms with Crippen LogP contribution in [0.5, 0.6) is 0 Å². The van der Waals surface area contributed by atoms with Crippen LogP contribution in [-0.4, -0.2) is 46.0 Å². The van der Waals surface area contributed by atoms with E-state index < -0.39 is 11.4 Å². The van der Waals surface area contributed by atoms with Crippen molar-refractivity contribution in [3.8, 4) is 0 Å². The van der Waals surface area contributed by atoms with E-state index in [1.807, 2.05) is 50.2 Å². The summed E-state index contributed by atoms with van der Waals surface area (Å²) in [4.78, 5) is 19.8. The number of aliphatic hydroxyl groups is 2. The molecule has 0 radical (unpaired) electrons. The number of hydrogen-bond acceptors (Lipinski definition) is 8. The standard InChI is InChI=1S/C17H21ClN4O3.C8H10O/c1-4-25-15(24)11-8-20-16(22-14(11)19)21-10-5-6-12(13(18)7-10)17(2,3)9-23;9-7-6-8-4-2-1-3-5-8/h5-8,23H,4,9H2,1-3H3,(H3,19,20,21,22);1-5,9H,6-7H2. The third kappa shape index (κ3) is 7.69. The monoisotopic (exact) mass is 486 g/mol. The Hall–Kier alpha value is -3.20. The molecule has 0 atom stereocenters. The third-order valence-electron chi connectivity index (χ3n) is 4.91. The Morgan fingerprint density at radius 3 is 2.44 bits per heavy atom. The van der Waals surface area contributed by atoms with Crippen LogP contribution >= 0.6 is 11.6 Å². The van der Waals surface area contributed by atoms with Gasteiger partial charge in [0, 0.05) is 28.9 Å². The summed E-state index contributed by atoms with van der Waals surface area (Å²) in [5.41, 5.74) is 8.15. The van der Waals surface area contributed by atoms with Gasteiger partial charge in [-0.1, -0.05) is 61.8 Å². The minimum Gasteiger partial charge on any atom is -0.462 e. The highest BCUT2D eigenvalue weighted by molar-refractivity contribution is 6.31. The Balaban J connectivity index is 0.000000379. The summed E-state index contributed by atoms with van der Waals surface area (Å²) >= 11 is 6.31. The molecule has 1 aromatic heterocycles. The lowest BCUT2D eigenvalue weighted by Crippen LogP contribution is -2.22. The molecule has 5 N–H and O–H groups in total. The van der Waals surface area contributed by atoms with Crippen molar-refractivity contribution < 1.29 is 19.7 Å². The summed E-state index contributed by atoms with van der Waals surface area (Å²) in [6.07, 6.45) is 2.08. The SMILES string of the molecule is CCOC(=O)c1cnc(Nc2ccc(C(C)(C)CO)c(Cl)c2)nc1N.OCCc1ccccc1.